The Kier molecular flexibility index (Phi) is 10.4. The average Bonchev–Trinajstić information content (AvgIpc) is 1.97. The molecule has 0 amide bonds. The van der Waals surface area contributed by atoms with Crippen LogP contribution in [0.4, 0.5) is 0 Å². The average molecular weight is 218 g/mol. The fourth-order valence-electron chi connectivity index (χ4n) is 0.369. The summed E-state index contributed by atoms with van der Waals surface area (Å²) < 4.78 is 28.3. The molecule has 0 N–H and O–H groups in total. The van der Waals surface area contributed by atoms with E-state index in [9.17, 15) is 13.2 Å². The van der Waals surface area contributed by atoms with Crippen LogP contribution < -0.4 is 0 Å². The SMILES string of the molecule is C=C(C)C(=O)OCCO[SH](=O)=O.[NaH]. The number of esters is 1. The molecule has 13 heavy (non-hydrogen) atoms. The molecule has 7 heteroatoms. The Morgan fingerprint density at radius 2 is 1.92 bits per heavy atom. The Morgan fingerprint density at radius 3 is 2.31 bits per heavy atom. The maximum absolute atomic E-state index is 10.7. The van der Waals surface area contributed by atoms with Crippen LogP contribution in [0.25, 0.3) is 0 Å². The second-order valence-corrected chi connectivity index (χ2v) is 2.68. The van der Waals surface area contributed by atoms with Crippen molar-refractivity contribution < 1.29 is 22.1 Å². The molecule has 0 aromatic rings. The second kappa shape index (κ2) is 8.71. The number of carbonyl (C=O) groups excluding carboxylic acids is 1. The first-order valence-electron chi connectivity index (χ1n) is 3.14. The van der Waals surface area contributed by atoms with Gasteiger partial charge in [0.25, 0.3) is 11.0 Å². The third-order valence-electron chi connectivity index (χ3n) is 0.862. The molecule has 0 aromatic carbocycles. The van der Waals surface area contributed by atoms with Crippen LogP contribution >= 0.6 is 0 Å². The van der Waals surface area contributed by atoms with Gasteiger partial charge in [0, 0.05) is 5.57 Å². The fraction of sp³-hybridized carbons (Fsp3) is 0.500. The van der Waals surface area contributed by atoms with Crippen LogP contribution in [-0.4, -0.2) is 57.2 Å². The number of rotatable bonds is 5. The Morgan fingerprint density at radius 1 is 1.38 bits per heavy atom. The number of hydrogen-bond donors (Lipinski definition) is 1. The van der Waals surface area contributed by atoms with Crippen molar-refractivity contribution in [3.05, 3.63) is 12.2 Å². The van der Waals surface area contributed by atoms with Crippen molar-refractivity contribution in [1.82, 2.24) is 0 Å². The standard InChI is InChI=1S/C6H10O5S.Na.H/c1-5(2)6(7)10-3-4-11-12(8)9;;/h12H,1,3-4H2,2H3;;. The zero-order valence-corrected chi connectivity index (χ0v) is 7.50. The Hall–Kier alpha value is 0.120. The molecule has 0 unspecified atom stereocenters. The first kappa shape index (κ1) is 15.6. The molecule has 0 saturated carbocycles. The van der Waals surface area contributed by atoms with Gasteiger partial charge in [-0.25, -0.2) is 13.2 Å². The van der Waals surface area contributed by atoms with Crippen LogP contribution in [0, 0.1) is 0 Å². The number of carbonyl (C=O) groups is 1. The van der Waals surface area contributed by atoms with Gasteiger partial charge in [0.05, 0.1) is 0 Å². The quantitative estimate of drug-likeness (QED) is 0.211. The second-order valence-electron chi connectivity index (χ2n) is 1.97. The molecular weight excluding hydrogens is 207 g/mol. The van der Waals surface area contributed by atoms with Gasteiger partial charge in [-0.3, -0.25) is 4.18 Å². The van der Waals surface area contributed by atoms with E-state index in [0.29, 0.717) is 0 Å². The van der Waals surface area contributed by atoms with Gasteiger partial charge in [0.15, 0.2) is 0 Å². The number of thiol groups is 1. The minimum atomic E-state index is -2.86. The Bertz CT molecular complexity index is 239. The van der Waals surface area contributed by atoms with Gasteiger partial charge >= 0.3 is 35.5 Å². The van der Waals surface area contributed by atoms with Crippen molar-refractivity contribution in [2.24, 2.45) is 0 Å². The predicted molar refractivity (Wildman–Crippen MR) is 49.2 cm³/mol. The number of ether oxygens (including phenoxy) is 1. The molecule has 0 aliphatic rings. The summed E-state index contributed by atoms with van der Waals surface area (Å²) in [5.74, 6) is -0.556. The predicted octanol–water partition coefficient (Wildman–Crippen LogP) is -1.000. The third kappa shape index (κ3) is 10.0. The molecule has 0 aromatic heterocycles. The maximum atomic E-state index is 10.7. The summed E-state index contributed by atoms with van der Waals surface area (Å²) in [6.45, 7) is 4.59. The summed E-state index contributed by atoms with van der Waals surface area (Å²) in [4.78, 5) is 10.7. The van der Waals surface area contributed by atoms with Crippen molar-refractivity contribution in [2.75, 3.05) is 13.2 Å². The van der Waals surface area contributed by atoms with E-state index in [1.54, 1.807) is 0 Å². The van der Waals surface area contributed by atoms with Crippen LogP contribution in [0.15, 0.2) is 12.2 Å². The van der Waals surface area contributed by atoms with Crippen LogP contribution in [0.1, 0.15) is 6.92 Å². The van der Waals surface area contributed by atoms with Gasteiger partial charge in [-0.1, -0.05) is 6.58 Å². The van der Waals surface area contributed by atoms with Gasteiger partial charge < -0.3 is 4.74 Å². The fourth-order valence-corrected chi connectivity index (χ4v) is 0.593. The first-order valence-corrected chi connectivity index (χ1v) is 4.23. The van der Waals surface area contributed by atoms with Gasteiger partial charge in [-0.05, 0) is 6.92 Å². The van der Waals surface area contributed by atoms with E-state index in [-0.39, 0.29) is 48.3 Å². The molecule has 0 radical (unpaired) electrons. The normalized spacial score (nSPS) is 9.08. The summed E-state index contributed by atoms with van der Waals surface area (Å²) in [5.41, 5.74) is 0.265. The summed E-state index contributed by atoms with van der Waals surface area (Å²) >= 11 is 0. The molecule has 0 aliphatic carbocycles. The summed E-state index contributed by atoms with van der Waals surface area (Å²) in [6, 6.07) is 0. The molecule has 0 atom stereocenters. The zero-order chi connectivity index (χ0) is 9.56. The molecule has 0 spiro atoms. The van der Waals surface area contributed by atoms with Crippen LogP contribution in [-0.2, 0) is 24.7 Å². The van der Waals surface area contributed by atoms with Gasteiger partial charge in [-0.15, -0.1) is 0 Å². The van der Waals surface area contributed by atoms with Crippen molar-refractivity contribution in [3.8, 4) is 0 Å². The zero-order valence-electron chi connectivity index (χ0n) is 6.61. The molecule has 0 rings (SSSR count). The van der Waals surface area contributed by atoms with Crippen LogP contribution in [0.5, 0.6) is 0 Å². The molecule has 0 saturated heterocycles. The van der Waals surface area contributed by atoms with E-state index in [4.69, 9.17) is 0 Å². The Balaban J connectivity index is 0. The van der Waals surface area contributed by atoms with E-state index >= 15 is 0 Å². The molecule has 72 valence electrons. The van der Waals surface area contributed by atoms with Gasteiger partial charge in [0.2, 0.25) is 0 Å². The van der Waals surface area contributed by atoms with E-state index < -0.39 is 17.0 Å². The van der Waals surface area contributed by atoms with Crippen LogP contribution in [0.3, 0.4) is 0 Å². The molecule has 0 fully saturated rings. The number of hydrogen-bond acceptors (Lipinski definition) is 5. The molecule has 0 heterocycles. The molecule has 5 nitrogen and oxygen atoms in total. The first-order chi connectivity index (χ1) is 5.54. The van der Waals surface area contributed by atoms with Crippen molar-refractivity contribution in [1.29, 1.82) is 0 Å². The summed E-state index contributed by atoms with van der Waals surface area (Å²) in [7, 11) is -2.86. The summed E-state index contributed by atoms with van der Waals surface area (Å²) in [6.07, 6.45) is 0. The monoisotopic (exact) mass is 218 g/mol. The molecule has 0 bridgehead atoms. The topological polar surface area (TPSA) is 69.7 Å². The van der Waals surface area contributed by atoms with Crippen molar-refractivity contribution in [2.45, 2.75) is 6.92 Å². The third-order valence-corrected chi connectivity index (χ3v) is 1.26. The molecule has 0 aliphatic heterocycles. The van der Waals surface area contributed by atoms with E-state index in [2.05, 4.69) is 15.5 Å². The van der Waals surface area contributed by atoms with E-state index in [0.717, 1.165) is 0 Å². The van der Waals surface area contributed by atoms with Gasteiger partial charge in [-0.2, -0.15) is 0 Å². The van der Waals surface area contributed by atoms with Gasteiger partial charge in [0.1, 0.15) is 13.2 Å². The Labute approximate surface area is 101 Å². The van der Waals surface area contributed by atoms with Crippen LogP contribution in [0.2, 0.25) is 0 Å². The van der Waals surface area contributed by atoms with Crippen molar-refractivity contribution >= 4 is 46.5 Å². The van der Waals surface area contributed by atoms with E-state index in [1.165, 1.54) is 6.92 Å². The molecular formula is C6H11NaO5S. The minimum absolute atomic E-state index is 0. The summed E-state index contributed by atoms with van der Waals surface area (Å²) in [5, 5.41) is 0. The van der Waals surface area contributed by atoms with Crippen molar-refractivity contribution in [3.63, 3.8) is 0 Å². The van der Waals surface area contributed by atoms with E-state index in [1.807, 2.05) is 0 Å².